The molecule has 0 bridgehead atoms. The highest BCUT2D eigenvalue weighted by molar-refractivity contribution is 7.99. The zero-order chi connectivity index (χ0) is 14.0. The molecule has 0 atom stereocenters. The van der Waals surface area contributed by atoms with Gasteiger partial charge in [-0.05, 0) is 34.2 Å². The van der Waals surface area contributed by atoms with Crippen molar-refractivity contribution in [3.63, 3.8) is 0 Å². The average Bonchev–Trinajstić information content (AvgIpc) is 2.74. The lowest BCUT2D eigenvalue weighted by Crippen LogP contribution is -2.04. The monoisotopic (exact) mass is 278 g/mol. The van der Waals surface area contributed by atoms with Crippen molar-refractivity contribution < 1.29 is 0 Å². The van der Waals surface area contributed by atoms with E-state index in [0.29, 0.717) is 11.8 Å². The predicted octanol–water partition coefficient (Wildman–Crippen LogP) is 2.40. The van der Waals surface area contributed by atoms with Crippen LogP contribution in [0.2, 0.25) is 0 Å². The molecule has 2 aromatic rings. The van der Waals surface area contributed by atoms with E-state index in [1.54, 1.807) is 4.68 Å². The third-order valence-electron chi connectivity index (χ3n) is 2.62. The predicted molar refractivity (Wildman–Crippen MR) is 73.1 cm³/mol. The zero-order valence-electron chi connectivity index (χ0n) is 11.8. The molecule has 0 fully saturated rings. The summed E-state index contributed by atoms with van der Waals surface area (Å²) in [5, 5.41) is 13.0. The van der Waals surface area contributed by atoms with Crippen molar-refractivity contribution in [3.8, 4) is 0 Å². The lowest BCUT2D eigenvalue weighted by atomic mass is 10.1. The summed E-state index contributed by atoms with van der Waals surface area (Å²) in [5.74, 6) is 1.54. The minimum atomic E-state index is 0.302. The molecule has 2 heterocycles. The quantitative estimate of drug-likeness (QED) is 0.800. The van der Waals surface area contributed by atoms with Crippen LogP contribution in [0, 0.1) is 0 Å². The van der Waals surface area contributed by atoms with E-state index in [4.69, 9.17) is 0 Å². The van der Waals surface area contributed by atoms with Crippen molar-refractivity contribution in [1.82, 2.24) is 30.2 Å². The van der Waals surface area contributed by atoms with Crippen molar-refractivity contribution >= 4 is 11.8 Å². The van der Waals surface area contributed by atoms with E-state index in [1.807, 2.05) is 13.1 Å². The molecule has 0 radical (unpaired) electrons. The Balaban J connectivity index is 2.36. The molecular formula is C12H18N6S. The first-order valence-electron chi connectivity index (χ1n) is 6.26. The Kier molecular flexibility index (Phi) is 4.14. The van der Waals surface area contributed by atoms with Gasteiger partial charge in [0.2, 0.25) is 5.16 Å². The summed E-state index contributed by atoms with van der Waals surface area (Å²) in [5.41, 5.74) is 1.05. The summed E-state index contributed by atoms with van der Waals surface area (Å²) in [7, 11) is 1.82. The van der Waals surface area contributed by atoms with Crippen LogP contribution in [-0.4, -0.2) is 30.2 Å². The SMILES string of the molecule is CC(C)c1cc(Sc2nnnn2C)nc(C(C)C)n1. The van der Waals surface area contributed by atoms with Crippen molar-refractivity contribution in [1.29, 1.82) is 0 Å². The van der Waals surface area contributed by atoms with Crippen LogP contribution in [-0.2, 0) is 7.05 Å². The van der Waals surface area contributed by atoms with Gasteiger partial charge >= 0.3 is 0 Å². The molecule has 0 spiro atoms. The molecule has 0 saturated carbocycles. The fourth-order valence-electron chi connectivity index (χ4n) is 1.47. The van der Waals surface area contributed by atoms with Gasteiger partial charge in [-0.3, -0.25) is 0 Å². The second-order valence-corrected chi connectivity index (χ2v) is 5.97. The summed E-state index contributed by atoms with van der Waals surface area (Å²) < 4.78 is 1.64. The Bertz CT molecular complexity index is 537. The summed E-state index contributed by atoms with van der Waals surface area (Å²) in [4.78, 5) is 9.18. The van der Waals surface area contributed by atoms with Crippen LogP contribution in [0.3, 0.4) is 0 Å². The van der Waals surface area contributed by atoms with E-state index < -0.39 is 0 Å². The number of tetrazole rings is 1. The standard InChI is InChI=1S/C12H18N6S/c1-7(2)9-6-10(14-11(13-9)8(3)4)19-12-15-16-17-18(12)5/h6-8H,1-5H3. The van der Waals surface area contributed by atoms with Gasteiger partial charge in [0.15, 0.2) is 0 Å². The molecule has 0 aliphatic carbocycles. The van der Waals surface area contributed by atoms with Crippen LogP contribution >= 0.6 is 11.8 Å². The van der Waals surface area contributed by atoms with Crippen LogP contribution in [0.25, 0.3) is 0 Å². The van der Waals surface area contributed by atoms with Crippen LogP contribution in [0.5, 0.6) is 0 Å². The molecule has 19 heavy (non-hydrogen) atoms. The minimum absolute atomic E-state index is 0.302. The van der Waals surface area contributed by atoms with E-state index in [9.17, 15) is 0 Å². The van der Waals surface area contributed by atoms with Gasteiger partial charge in [0.25, 0.3) is 0 Å². The van der Waals surface area contributed by atoms with Crippen molar-refractivity contribution in [2.24, 2.45) is 7.05 Å². The summed E-state index contributed by atoms with van der Waals surface area (Å²) >= 11 is 1.46. The van der Waals surface area contributed by atoms with Gasteiger partial charge < -0.3 is 0 Å². The molecule has 102 valence electrons. The first-order valence-corrected chi connectivity index (χ1v) is 7.08. The van der Waals surface area contributed by atoms with E-state index in [-0.39, 0.29) is 0 Å². The topological polar surface area (TPSA) is 69.4 Å². The largest absolute Gasteiger partial charge is 0.237 e. The second kappa shape index (κ2) is 5.64. The first-order chi connectivity index (χ1) is 8.97. The normalized spacial score (nSPS) is 11.5. The molecule has 2 rings (SSSR count). The van der Waals surface area contributed by atoms with Crippen LogP contribution in [0.1, 0.15) is 51.0 Å². The molecule has 0 saturated heterocycles. The zero-order valence-corrected chi connectivity index (χ0v) is 12.6. The Morgan fingerprint density at radius 3 is 2.37 bits per heavy atom. The molecule has 0 unspecified atom stereocenters. The molecule has 7 heteroatoms. The smallest absolute Gasteiger partial charge is 0.215 e. The van der Waals surface area contributed by atoms with Crippen molar-refractivity contribution in [2.75, 3.05) is 0 Å². The Hall–Kier alpha value is -1.50. The Morgan fingerprint density at radius 1 is 1.11 bits per heavy atom. The number of hydrogen-bond acceptors (Lipinski definition) is 6. The summed E-state index contributed by atoms with van der Waals surface area (Å²) in [6.45, 7) is 8.45. The number of hydrogen-bond donors (Lipinski definition) is 0. The highest BCUT2D eigenvalue weighted by Gasteiger charge is 2.13. The van der Waals surface area contributed by atoms with Crippen LogP contribution in [0.15, 0.2) is 16.2 Å². The Labute approximate surface area is 117 Å². The van der Waals surface area contributed by atoms with Gasteiger partial charge in [-0.1, -0.05) is 27.7 Å². The van der Waals surface area contributed by atoms with Gasteiger partial charge in [-0.2, -0.15) is 0 Å². The Morgan fingerprint density at radius 2 is 1.84 bits per heavy atom. The third-order valence-corrected chi connectivity index (χ3v) is 3.57. The van der Waals surface area contributed by atoms with E-state index in [2.05, 4.69) is 53.2 Å². The number of aromatic nitrogens is 6. The van der Waals surface area contributed by atoms with E-state index >= 15 is 0 Å². The highest BCUT2D eigenvalue weighted by Crippen LogP contribution is 2.26. The lowest BCUT2D eigenvalue weighted by molar-refractivity contribution is 0.663. The van der Waals surface area contributed by atoms with Gasteiger partial charge in [-0.15, -0.1) is 5.10 Å². The van der Waals surface area contributed by atoms with Crippen molar-refractivity contribution in [2.45, 2.75) is 49.7 Å². The van der Waals surface area contributed by atoms with Gasteiger partial charge in [0.1, 0.15) is 10.9 Å². The highest BCUT2D eigenvalue weighted by atomic mass is 32.2. The number of nitrogens with zero attached hydrogens (tertiary/aromatic N) is 6. The number of rotatable bonds is 4. The van der Waals surface area contributed by atoms with Gasteiger partial charge in [0, 0.05) is 18.7 Å². The lowest BCUT2D eigenvalue weighted by Gasteiger charge is -2.11. The summed E-state index contributed by atoms with van der Waals surface area (Å²) in [6.07, 6.45) is 0. The fourth-order valence-corrected chi connectivity index (χ4v) is 2.22. The molecular weight excluding hydrogens is 260 g/mol. The van der Waals surface area contributed by atoms with Crippen LogP contribution < -0.4 is 0 Å². The molecule has 0 aliphatic heterocycles. The van der Waals surface area contributed by atoms with E-state index in [0.717, 1.165) is 21.7 Å². The maximum atomic E-state index is 4.60. The second-order valence-electron chi connectivity index (χ2n) is 4.99. The first kappa shape index (κ1) is 13.9. The molecule has 0 amide bonds. The average molecular weight is 278 g/mol. The third kappa shape index (κ3) is 3.28. The molecule has 0 aromatic carbocycles. The fraction of sp³-hybridized carbons (Fsp3) is 0.583. The molecule has 2 aromatic heterocycles. The maximum Gasteiger partial charge on any atom is 0.215 e. The summed E-state index contributed by atoms with van der Waals surface area (Å²) in [6, 6.07) is 2.01. The molecule has 0 N–H and O–H groups in total. The van der Waals surface area contributed by atoms with E-state index in [1.165, 1.54) is 11.8 Å². The maximum absolute atomic E-state index is 4.60. The van der Waals surface area contributed by atoms with Gasteiger partial charge in [0.05, 0.1) is 0 Å². The molecule has 0 aliphatic rings. The van der Waals surface area contributed by atoms with Crippen LogP contribution in [0.4, 0.5) is 0 Å². The van der Waals surface area contributed by atoms with Gasteiger partial charge in [-0.25, -0.2) is 14.6 Å². The van der Waals surface area contributed by atoms with Crippen molar-refractivity contribution in [3.05, 3.63) is 17.6 Å². The number of aryl methyl sites for hydroxylation is 1. The minimum Gasteiger partial charge on any atom is -0.237 e. The molecule has 6 nitrogen and oxygen atoms in total.